The molecule has 0 spiro atoms. The number of amides is 1. The number of nitrogens with zero attached hydrogens (tertiary/aromatic N) is 2. The van der Waals surface area contributed by atoms with Crippen LogP contribution in [0.15, 0.2) is 16.7 Å². The van der Waals surface area contributed by atoms with Crippen LogP contribution in [-0.4, -0.2) is 28.3 Å². The molecule has 1 atom stereocenters. The van der Waals surface area contributed by atoms with Gasteiger partial charge in [0.25, 0.3) is 0 Å². The SMILES string of the molecule is N=C(N)NC(=O)Cc1c(Cl)ccc2c1c(Br)nn2C1CCCCO1. The second-order valence-electron chi connectivity index (χ2n) is 5.62. The summed E-state index contributed by atoms with van der Waals surface area (Å²) in [4.78, 5) is 12.0. The minimum atomic E-state index is -0.398. The van der Waals surface area contributed by atoms with Crippen molar-refractivity contribution in [1.29, 1.82) is 5.41 Å². The molecule has 9 heteroatoms. The van der Waals surface area contributed by atoms with Crippen LogP contribution in [0.4, 0.5) is 0 Å². The molecular weight excluding hydrogens is 398 g/mol. The number of fused-ring (bicyclic) bond motifs is 1. The van der Waals surface area contributed by atoms with E-state index in [1.165, 1.54) is 0 Å². The van der Waals surface area contributed by atoms with Gasteiger partial charge in [-0.05, 0) is 52.9 Å². The van der Waals surface area contributed by atoms with E-state index in [0.29, 0.717) is 21.8 Å². The van der Waals surface area contributed by atoms with E-state index in [1.807, 2.05) is 10.7 Å². The van der Waals surface area contributed by atoms with Gasteiger partial charge < -0.3 is 10.5 Å². The monoisotopic (exact) mass is 413 g/mol. The number of hydrogen-bond donors (Lipinski definition) is 3. The third-order valence-corrected chi connectivity index (χ3v) is 4.83. The number of benzene rings is 1. The molecule has 3 rings (SSSR count). The summed E-state index contributed by atoms with van der Waals surface area (Å²) in [7, 11) is 0. The molecule has 1 aromatic carbocycles. The Labute approximate surface area is 152 Å². The zero-order chi connectivity index (χ0) is 17.3. The van der Waals surface area contributed by atoms with Gasteiger partial charge in [-0.1, -0.05) is 11.6 Å². The summed E-state index contributed by atoms with van der Waals surface area (Å²) in [6.45, 7) is 0.713. The van der Waals surface area contributed by atoms with Gasteiger partial charge in [-0.2, -0.15) is 5.10 Å². The topological polar surface area (TPSA) is 106 Å². The minimum Gasteiger partial charge on any atom is -0.370 e. The number of carbonyl (C=O) groups is 1. The maximum atomic E-state index is 12.0. The van der Waals surface area contributed by atoms with Crippen LogP contribution in [0.2, 0.25) is 5.02 Å². The van der Waals surface area contributed by atoms with E-state index in [1.54, 1.807) is 6.07 Å². The van der Waals surface area contributed by atoms with E-state index in [4.69, 9.17) is 27.5 Å². The Kier molecular flexibility index (Phi) is 5.07. The molecular formula is C15H17BrClN5O2. The van der Waals surface area contributed by atoms with Crippen molar-refractivity contribution in [1.82, 2.24) is 15.1 Å². The highest BCUT2D eigenvalue weighted by molar-refractivity contribution is 9.10. The number of nitrogens with one attached hydrogen (secondary N) is 2. The average Bonchev–Trinajstić information content (AvgIpc) is 2.87. The molecule has 0 bridgehead atoms. The third kappa shape index (κ3) is 3.40. The van der Waals surface area contributed by atoms with Gasteiger partial charge in [-0.3, -0.25) is 15.5 Å². The molecule has 1 unspecified atom stereocenters. The Balaban J connectivity index is 2.03. The summed E-state index contributed by atoms with van der Waals surface area (Å²) in [5.41, 5.74) is 6.70. The van der Waals surface area contributed by atoms with Crippen molar-refractivity contribution < 1.29 is 9.53 Å². The summed E-state index contributed by atoms with van der Waals surface area (Å²) >= 11 is 9.76. The van der Waals surface area contributed by atoms with Gasteiger partial charge in [0.1, 0.15) is 4.60 Å². The Bertz CT molecular complexity index is 801. The van der Waals surface area contributed by atoms with Crippen LogP contribution in [-0.2, 0) is 16.0 Å². The lowest BCUT2D eigenvalue weighted by Crippen LogP contribution is -2.36. The van der Waals surface area contributed by atoms with E-state index in [2.05, 4.69) is 26.3 Å². The van der Waals surface area contributed by atoms with Crippen molar-refractivity contribution in [2.45, 2.75) is 31.9 Å². The number of aromatic nitrogens is 2. The first kappa shape index (κ1) is 17.2. The summed E-state index contributed by atoms with van der Waals surface area (Å²) in [6, 6.07) is 3.62. The highest BCUT2D eigenvalue weighted by atomic mass is 79.9. The molecule has 0 aliphatic carbocycles. The van der Waals surface area contributed by atoms with Crippen LogP contribution in [0.3, 0.4) is 0 Å². The molecule has 2 aromatic rings. The Hall–Kier alpha value is -1.64. The molecule has 1 amide bonds. The lowest BCUT2D eigenvalue weighted by molar-refractivity contribution is -0.119. The number of hydrogen-bond acceptors (Lipinski definition) is 4. The lowest BCUT2D eigenvalue weighted by atomic mass is 10.1. The summed E-state index contributed by atoms with van der Waals surface area (Å²) in [5, 5.41) is 15.2. The maximum absolute atomic E-state index is 12.0. The van der Waals surface area contributed by atoms with E-state index in [0.717, 1.165) is 30.2 Å². The van der Waals surface area contributed by atoms with Gasteiger partial charge in [0.15, 0.2) is 12.2 Å². The molecule has 1 aromatic heterocycles. The normalized spacial score (nSPS) is 17.8. The minimum absolute atomic E-state index is 0.00553. The largest absolute Gasteiger partial charge is 0.370 e. The fourth-order valence-electron chi connectivity index (χ4n) is 2.89. The quantitative estimate of drug-likeness (QED) is 0.530. The van der Waals surface area contributed by atoms with Gasteiger partial charge in [0, 0.05) is 17.0 Å². The number of rotatable bonds is 3. The van der Waals surface area contributed by atoms with Crippen LogP contribution in [0.25, 0.3) is 10.9 Å². The molecule has 128 valence electrons. The van der Waals surface area contributed by atoms with Crippen LogP contribution < -0.4 is 11.1 Å². The fourth-order valence-corrected chi connectivity index (χ4v) is 3.73. The molecule has 0 radical (unpaired) electrons. The Morgan fingerprint density at radius 2 is 2.33 bits per heavy atom. The molecule has 24 heavy (non-hydrogen) atoms. The van der Waals surface area contributed by atoms with Crippen molar-refractivity contribution in [3.05, 3.63) is 27.3 Å². The first-order valence-corrected chi connectivity index (χ1v) is 8.75. The first-order chi connectivity index (χ1) is 11.5. The second kappa shape index (κ2) is 7.08. The molecule has 1 saturated heterocycles. The van der Waals surface area contributed by atoms with Gasteiger partial charge in [0.2, 0.25) is 5.91 Å². The Morgan fingerprint density at radius 1 is 1.54 bits per heavy atom. The first-order valence-electron chi connectivity index (χ1n) is 7.58. The van der Waals surface area contributed by atoms with E-state index < -0.39 is 11.9 Å². The smallest absolute Gasteiger partial charge is 0.231 e. The predicted molar refractivity (Wildman–Crippen MR) is 95.0 cm³/mol. The molecule has 2 heterocycles. The van der Waals surface area contributed by atoms with Crippen molar-refractivity contribution in [3.63, 3.8) is 0 Å². The Morgan fingerprint density at radius 3 is 3.00 bits per heavy atom. The van der Waals surface area contributed by atoms with Gasteiger partial charge in [0.05, 0.1) is 11.9 Å². The van der Waals surface area contributed by atoms with Crippen LogP contribution in [0.1, 0.15) is 31.1 Å². The van der Waals surface area contributed by atoms with Crippen LogP contribution >= 0.6 is 27.5 Å². The molecule has 1 fully saturated rings. The molecule has 7 nitrogen and oxygen atoms in total. The second-order valence-corrected chi connectivity index (χ2v) is 6.77. The van der Waals surface area contributed by atoms with Crippen LogP contribution in [0, 0.1) is 5.41 Å². The standard InChI is InChI=1S/C15H17BrClN5O2/c16-14-13-8(7-11(23)20-15(18)19)9(17)4-5-10(13)22(21-14)12-3-1-2-6-24-12/h4-5,12H,1-3,6-7H2,(H4,18,19,20,23). The summed E-state index contributed by atoms with van der Waals surface area (Å²) < 4.78 is 8.26. The van der Waals surface area contributed by atoms with E-state index in [-0.39, 0.29) is 12.6 Å². The zero-order valence-electron chi connectivity index (χ0n) is 12.8. The summed E-state index contributed by atoms with van der Waals surface area (Å²) in [6.07, 6.45) is 2.93. The molecule has 1 aliphatic heterocycles. The lowest BCUT2D eigenvalue weighted by Gasteiger charge is -2.23. The highest BCUT2D eigenvalue weighted by Gasteiger charge is 2.23. The maximum Gasteiger partial charge on any atom is 0.231 e. The van der Waals surface area contributed by atoms with Crippen molar-refractivity contribution >= 4 is 50.3 Å². The number of nitrogens with two attached hydrogens (primary N) is 1. The highest BCUT2D eigenvalue weighted by Crippen LogP contribution is 2.35. The summed E-state index contributed by atoms with van der Waals surface area (Å²) in [5.74, 6) is -0.792. The molecule has 1 aliphatic rings. The number of ether oxygens (including phenoxy) is 1. The fraction of sp³-hybridized carbons (Fsp3) is 0.400. The third-order valence-electron chi connectivity index (χ3n) is 3.92. The molecule has 4 N–H and O–H groups in total. The van der Waals surface area contributed by atoms with Crippen molar-refractivity contribution in [3.8, 4) is 0 Å². The van der Waals surface area contributed by atoms with Crippen molar-refractivity contribution in [2.75, 3.05) is 6.61 Å². The average molecular weight is 415 g/mol. The molecule has 0 saturated carbocycles. The van der Waals surface area contributed by atoms with Gasteiger partial charge in [-0.15, -0.1) is 0 Å². The number of halogens is 2. The van der Waals surface area contributed by atoms with Crippen LogP contribution in [0.5, 0.6) is 0 Å². The number of guanidine groups is 1. The van der Waals surface area contributed by atoms with E-state index >= 15 is 0 Å². The predicted octanol–water partition coefficient (Wildman–Crippen LogP) is 2.70. The number of carbonyl (C=O) groups excluding carboxylic acids is 1. The van der Waals surface area contributed by atoms with Crippen molar-refractivity contribution in [2.24, 2.45) is 5.73 Å². The van der Waals surface area contributed by atoms with Gasteiger partial charge in [-0.25, -0.2) is 4.68 Å². The van der Waals surface area contributed by atoms with Gasteiger partial charge >= 0.3 is 0 Å². The zero-order valence-corrected chi connectivity index (χ0v) is 15.2. The van der Waals surface area contributed by atoms with E-state index in [9.17, 15) is 4.79 Å².